The van der Waals surface area contributed by atoms with Gasteiger partial charge < -0.3 is 11.1 Å². The zero-order valence-electron chi connectivity index (χ0n) is 10.2. The van der Waals surface area contributed by atoms with Crippen molar-refractivity contribution in [3.05, 3.63) is 56.2 Å². The van der Waals surface area contributed by atoms with Gasteiger partial charge in [0.1, 0.15) is 0 Å². The second-order valence-corrected chi connectivity index (χ2v) is 6.10. The molecule has 0 unspecified atom stereocenters. The van der Waals surface area contributed by atoms with E-state index in [1.165, 1.54) is 16.0 Å². The number of halogens is 1. The number of hydrogen-bond donors (Lipinski definition) is 2. The van der Waals surface area contributed by atoms with Gasteiger partial charge in [0.05, 0.1) is 0 Å². The Bertz CT molecular complexity index is 479. The van der Waals surface area contributed by atoms with Gasteiger partial charge in [-0.3, -0.25) is 0 Å². The summed E-state index contributed by atoms with van der Waals surface area (Å²) in [6.07, 6.45) is 0.955. The Hall–Kier alpha value is -0.680. The minimum Gasteiger partial charge on any atom is -0.330 e. The molecule has 1 aromatic heterocycles. The molecule has 3 N–H and O–H groups in total. The summed E-state index contributed by atoms with van der Waals surface area (Å²) in [6.45, 7) is 2.53. The van der Waals surface area contributed by atoms with Crippen molar-refractivity contribution in [1.29, 1.82) is 0 Å². The van der Waals surface area contributed by atoms with Crippen molar-refractivity contribution >= 4 is 27.3 Å². The molecule has 0 aliphatic carbocycles. The number of benzene rings is 1. The van der Waals surface area contributed by atoms with Crippen LogP contribution in [0.3, 0.4) is 0 Å². The Morgan fingerprint density at radius 2 is 1.83 bits per heavy atom. The first-order valence-corrected chi connectivity index (χ1v) is 7.66. The van der Waals surface area contributed by atoms with E-state index in [4.69, 9.17) is 5.73 Å². The molecular formula is C14H17BrN2S. The van der Waals surface area contributed by atoms with Crippen LogP contribution in [-0.2, 0) is 19.5 Å². The average molecular weight is 325 g/mol. The van der Waals surface area contributed by atoms with E-state index in [9.17, 15) is 0 Å². The largest absolute Gasteiger partial charge is 0.330 e. The summed E-state index contributed by atoms with van der Waals surface area (Å²) in [5.74, 6) is 0. The fourth-order valence-electron chi connectivity index (χ4n) is 1.77. The lowest BCUT2D eigenvalue weighted by atomic mass is 10.1. The minimum atomic E-state index is 0.713. The Balaban J connectivity index is 1.79. The number of nitrogens with one attached hydrogen (secondary N) is 1. The predicted octanol–water partition coefficient (Wildman–Crippen LogP) is 3.30. The maximum Gasteiger partial charge on any atom is 0.0303 e. The maximum absolute atomic E-state index is 5.53. The van der Waals surface area contributed by atoms with Gasteiger partial charge in [0.2, 0.25) is 0 Å². The van der Waals surface area contributed by atoms with Gasteiger partial charge in [-0.25, -0.2) is 0 Å². The molecule has 2 rings (SSSR count). The van der Waals surface area contributed by atoms with Crippen LogP contribution in [0.15, 0.2) is 40.2 Å². The average Bonchev–Trinajstić information content (AvgIpc) is 2.78. The van der Waals surface area contributed by atoms with Crippen LogP contribution in [0.2, 0.25) is 0 Å². The third-order valence-electron chi connectivity index (χ3n) is 2.71. The summed E-state index contributed by atoms with van der Waals surface area (Å²) in [7, 11) is 0. The van der Waals surface area contributed by atoms with Crippen LogP contribution in [-0.4, -0.2) is 6.54 Å². The van der Waals surface area contributed by atoms with Gasteiger partial charge in [0.25, 0.3) is 0 Å². The second kappa shape index (κ2) is 7.04. The third-order valence-corrected chi connectivity index (χ3v) is 4.40. The molecule has 0 fully saturated rings. The SMILES string of the molecule is NCCc1ccc(CNCc2cc(Br)cs2)cc1. The zero-order chi connectivity index (χ0) is 12.8. The van der Waals surface area contributed by atoms with Crippen LogP contribution in [0, 0.1) is 0 Å². The fraction of sp³-hybridized carbons (Fsp3) is 0.286. The molecular weight excluding hydrogens is 308 g/mol. The van der Waals surface area contributed by atoms with Crippen molar-refractivity contribution in [2.75, 3.05) is 6.54 Å². The van der Waals surface area contributed by atoms with Crippen molar-refractivity contribution in [3.63, 3.8) is 0 Å². The minimum absolute atomic E-state index is 0.713. The summed E-state index contributed by atoms with van der Waals surface area (Å²) >= 11 is 5.23. The lowest BCUT2D eigenvalue weighted by molar-refractivity contribution is 0.700. The zero-order valence-corrected chi connectivity index (χ0v) is 12.6. The van der Waals surface area contributed by atoms with Crippen LogP contribution < -0.4 is 11.1 Å². The van der Waals surface area contributed by atoms with Crippen molar-refractivity contribution in [2.45, 2.75) is 19.5 Å². The van der Waals surface area contributed by atoms with E-state index in [2.05, 4.69) is 57.0 Å². The van der Waals surface area contributed by atoms with Crippen molar-refractivity contribution in [1.82, 2.24) is 5.32 Å². The van der Waals surface area contributed by atoms with Crippen LogP contribution in [0.4, 0.5) is 0 Å². The molecule has 1 heterocycles. The van der Waals surface area contributed by atoms with E-state index in [-0.39, 0.29) is 0 Å². The molecule has 4 heteroatoms. The number of rotatable bonds is 6. The highest BCUT2D eigenvalue weighted by Crippen LogP contribution is 2.19. The molecule has 0 amide bonds. The van der Waals surface area contributed by atoms with Gasteiger partial charge in [-0.2, -0.15) is 0 Å². The molecule has 0 radical (unpaired) electrons. The molecule has 0 aliphatic rings. The summed E-state index contributed by atoms with van der Waals surface area (Å²) in [4.78, 5) is 1.35. The fourth-order valence-corrected chi connectivity index (χ4v) is 3.19. The highest BCUT2D eigenvalue weighted by molar-refractivity contribution is 9.10. The molecule has 1 aromatic carbocycles. The second-order valence-electron chi connectivity index (χ2n) is 4.19. The number of nitrogens with two attached hydrogens (primary N) is 1. The molecule has 0 saturated heterocycles. The topological polar surface area (TPSA) is 38.0 Å². The molecule has 0 saturated carbocycles. The molecule has 96 valence electrons. The summed E-state index contributed by atoms with van der Waals surface area (Å²) in [6, 6.07) is 10.8. The molecule has 0 aliphatic heterocycles. The molecule has 2 nitrogen and oxygen atoms in total. The normalized spacial score (nSPS) is 10.8. The maximum atomic E-state index is 5.53. The third kappa shape index (κ3) is 4.21. The van der Waals surface area contributed by atoms with Crippen LogP contribution in [0.5, 0.6) is 0 Å². The molecule has 18 heavy (non-hydrogen) atoms. The van der Waals surface area contributed by atoms with E-state index in [1.807, 2.05) is 0 Å². The summed E-state index contributed by atoms with van der Waals surface area (Å²) in [5, 5.41) is 5.56. The van der Waals surface area contributed by atoms with Gasteiger partial charge in [0, 0.05) is 27.8 Å². The quantitative estimate of drug-likeness (QED) is 0.855. The van der Waals surface area contributed by atoms with Gasteiger partial charge >= 0.3 is 0 Å². The van der Waals surface area contributed by atoms with Gasteiger partial charge in [0.15, 0.2) is 0 Å². The van der Waals surface area contributed by atoms with Crippen LogP contribution >= 0.6 is 27.3 Å². The van der Waals surface area contributed by atoms with E-state index in [1.54, 1.807) is 11.3 Å². The number of hydrogen-bond acceptors (Lipinski definition) is 3. The monoisotopic (exact) mass is 324 g/mol. The van der Waals surface area contributed by atoms with Crippen LogP contribution in [0.25, 0.3) is 0 Å². The molecule has 0 atom stereocenters. The van der Waals surface area contributed by atoms with Crippen molar-refractivity contribution in [2.24, 2.45) is 5.73 Å². The van der Waals surface area contributed by atoms with E-state index < -0.39 is 0 Å². The Morgan fingerprint density at radius 3 is 2.44 bits per heavy atom. The first kappa shape index (κ1) is 13.7. The lowest BCUT2D eigenvalue weighted by Gasteiger charge is -2.05. The van der Waals surface area contributed by atoms with E-state index in [0.717, 1.165) is 24.0 Å². The van der Waals surface area contributed by atoms with Crippen molar-refractivity contribution in [3.8, 4) is 0 Å². The number of thiophene rings is 1. The van der Waals surface area contributed by atoms with E-state index in [0.29, 0.717) is 6.54 Å². The van der Waals surface area contributed by atoms with E-state index >= 15 is 0 Å². The Morgan fingerprint density at radius 1 is 1.11 bits per heavy atom. The lowest BCUT2D eigenvalue weighted by Crippen LogP contribution is -2.11. The Labute approximate surface area is 120 Å². The van der Waals surface area contributed by atoms with Gasteiger partial charge in [-0.1, -0.05) is 24.3 Å². The molecule has 0 spiro atoms. The van der Waals surface area contributed by atoms with Crippen molar-refractivity contribution < 1.29 is 0 Å². The standard InChI is InChI=1S/C14H17BrN2S/c15-13-7-14(18-10-13)9-17-8-12-3-1-11(2-4-12)5-6-16/h1-4,7,10,17H,5-6,8-9,16H2. The highest BCUT2D eigenvalue weighted by atomic mass is 79.9. The summed E-state index contributed by atoms with van der Waals surface area (Å²) < 4.78 is 1.16. The predicted molar refractivity (Wildman–Crippen MR) is 81.8 cm³/mol. The van der Waals surface area contributed by atoms with Gasteiger partial charge in [-0.05, 0) is 46.1 Å². The highest BCUT2D eigenvalue weighted by Gasteiger charge is 1.98. The Kier molecular flexibility index (Phi) is 5.38. The smallest absolute Gasteiger partial charge is 0.0303 e. The van der Waals surface area contributed by atoms with Gasteiger partial charge in [-0.15, -0.1) is 11.3 Å². The summed E-state index contributed by atoms with van der Waals surface area (Å²) in [5.41, 5.74) is 8.15. The molecule has 2 aromatic rings. The molecule has 0 bridgehead atoms. The first-order valence-electron chi connectivity index (χ1n) is 5.99. The first-order chi connectivity index (χ1) is 8.78. The van der Waals surface area contributed by atoms with Crippen LogP contribution in [0.1, 0.15) is 16.0 Å².